The van der Waals surface area contributed by atoms with Crippen molar-refractivity contribution >= 4 is 38.4 Å². The molecule has 0 saturated carbocycles. The van der Waals surface area contributed by atoms with Gasteiger partial charge in [-0.3, -0.25) is 14.2 Å². The van der Waals surface area contributed by atoms with Gasteiger partial charge in [0.2, 0.25) is 5.91 Å². The molecule has 3 aromatic heterocycles. The summed E-state index contributed by atoms with van der Waals surface area (Å²) in [6.07, 6.45) is 3.48. The van der Waals surface area contributed by atoms with E-state index in [0.29, 0.717) is 11.9 Å². The molecule has 33 heavy (non-hydrogen) atoms. The molecular formula is C26H24N4O2S. The van der Waals surface area contributed by atoms with E-state index in [2.05, 4.69) is 33.5 Å². The van der Waals surface area contributed by atoms with E-state index in [1.54, 1.807) is 0 Å². The van der Waals surface area contributed by atoms with Crippen LogP contribution in [0.25, 0.3) is 21.1 Å². The number of hydrogen-bond acceptors (Lipinski definition) is 4. The first-order valence-corrected chi connectivity index (χ1v) is 11.7. The number of amides is 1. The smallest absolute Gasteiger partial charge is 0.262 e. The summed E-state index contributed by atoms with van der Waals surface area (Å²) in [4.78, 5) is 35.3. The number of H-pyrrole nitrogens is 1. The van der Waals surface area contributed by atoms with E-state index in [1.807, 2.05) is 56.4 Å². The van der Waals surface area contributed by atoms with Crippen LogP contribution in [0.2, 0.25) is 0 Å². The van der Waals surface area contributed by atoms with Gasteiger partial charge in [-0.1, -0.05) is 48.5 Å². The zero-order chi connectivity index (χ0) is 22.9. The van der Waals surface area contributed by atoms with Crippen LogP contribution in [0.5, 0.6) is 0 Å². The Hall–Kier alpha value is -3.71. The van der Waals surface area contributed by atoms with Gasteiger partial charge >= 0.3 is 0 Å². The molecule has 0 spiro atoms. The Kier molecular flexibility index (Phi) is 5.56. The van der Waals surface area contributed by atoms with Gasteiger partial charge in [0, 0.05) is 34.4 Å². The Morgan fingerprint density at radius 1 is 1.12 bits per heavy atom. The molecule has 1 atom stereocenters. The van der Waals surface area contributed by atoms with Crippen LogP contribution >= 0.6 is 11.3 Å². The summed E-state index contributed by atoms with van der Waals surface area (Å²) in [5.41, 5.74) is 4.07. The highest BCUT2D eigenvalue weighted by molar-refractivity contribution is 7.18. The zero-order valence-electron chi connectivity index (χ0n) is 18.5. The molecule has 166 valence electrons. The van der Waals surface area contributed by atoms with Crippen molar-refractivity contribution in [2.45, 2.75) is 26.3 Å². The predicted molar refractivity (Wildman–Crippen MR) is 133 cm³/mol. The van der Waals surface area contributed by atoms with Crippen molar-refractivity contribution in [3.8, 4) is 0 Å². The van der Waals surface area contributed by atoms with Gasteiger partial charge in [-0.05, 0) is 36.6 Å². The molecule has 6 nitrogen and oxygen atoms in total. The molecule has 0 unspecified atom stereocenters. The topological polar surface area (TPSA) is 79.8 Å². The third-order valence-corrected chi connectivity index (χ3v) is 7.29. The predicted octanol–water partition coefficient (Wildman–Crippen LogP) is 4.50. The van der Waals surface area contributed by atoms with Gasteiger partial charge in [0.15, 0.2) is 0 Å². The minimum absolute atomic E-state index is 0.0228. The lowest BCUT2D eigenvalue weighted by molar-refractivity contribution is -0.121. The van der Waals surface area contributed by atoms with Gasteiger partial charge in [-0.2, -0.15) is 0 Å². The van der Waals surface area contributed by atoms with E-state index in [0.717, 1.165) is 37.3 Å². The standard InChI is InChI=1S/C26H24N4O2S/c1-16-17(2)33-25-24(16)26(32)30(15-29-25)14-23(31)28-12-20(18-8-4-3-5-9-18)21-13-27-22-11-7-6-10-19(21)22/h3-11,13,15,20,27H,12,14H2,1-2H3,(H,28,31)/t20-/m1/s1. The second kappa shape index (κ2) is 8.67. The SMILES string of the molecule is Cc1sc2ncn(CC(=O)NC[C@H](c3ccccc3)c3c[nH]c4ccccc34)c(=O)c2c1C. The second-order valence-electron chi connectivity index (χ2n) is 8.20. The van der Waals surface area contributed by atoms with Crippen LogP contribution in [-0.2, 0) is 11.3 Å². The van der Waals surface area contributed by atoms with Gasteiger partial charge in [0.1, 0.15) is 11.4 Å². The highest BCUT2D eigenvalue weighted by Crippen LogP contribution is 2.30. The summed E-state index contributed by atoms with van der Waals surface area (Å²) in [6, 6.07) is 18.3. The van der Waals surface area contributed by atoms with Crippen molar-refractivity contribution < 1.29 is 4.79 Å². The highest BCUT2D eigenvalue weighted by atomic mass is 32.1. The average molecular weight is 457 g/mol. The van der Waals surface area contributed by atoms with Gasteiger partial charge in [-0.15, -0.1) is 11.3 Å². The molecular weight excluding hydrogens is 432 g/mol. The Balaban J connectivity index is 1.39. The number of rotatable bonds is 6. The number of aromatic nitrogens is 3. The van der Waals surface area contributed by atoms with Crippen molar-refractivity contribution in [1.82, 2.24) is 19.9 Å². The van der Waals surface area contributed by atoms with Crippen LogP contribution in [0, 0.1) is 13.8 Å². The molecule has 2 aromatic carbocycles. The van der Waals surface area contributed by atoms with Crippen LogP contribution < -0.4 is 10.9 Å². The van der Waals surface area contributed by atoms with Crippen molar-refractivity contribution in [3.05, 3.63) is 99.0 Å². The highest BCUT2D eigenvalue weighted by Gasteiger charge is 2.20. The maximum Gasteiger partial charge on any atom is 0.262 e. The van der Waals surface area contributed by atoms with Crippen LogP contribution in [0.3, 0.4) is 0 Å². The number of benzene rings is 2. The number of fused-ring (bicyclic) bond motifs is 2. The summed E-state index contributed by atoms with van der Waals surface area (Å²) in [5.74, 6) is -0.242. The van der Waals surface area contributed by atoms with Crippen molar-refractivity contribution in [2.24, 2.45) is 0 Å². The molecule has 0 aliphatic carbocycles. The number of thiophene rings is 1. The first kappa shape index (κ1) is 21.2. The van der Waals surface area contributed by atoms with Crippen molar-refractivity contribution in [2.75, 3.05) is 6.54 Å². The third-order valence-electron chi connectivity index (χ3n) is 6.17. The fraction of sp³-hybridized carbons (Fsp3) is 0.192. The Bertz CT molecular complexity index is 1510. The van der Waals surface area contributed by atoms with Crippen LogP contribution in [0.15, 0.2) is 71.9 Å². The number of aromatic amines is 1. The first-order chi connectivity index (χ1) is 16.0. The lowest BCUT2D eigenvalue weighted by Crippen LogP contribution is -2.35. The fourth-order valence-corrected chi connectivity index (χ4v) is 5.27. The molecule has 1 amide bonds. The number of carbonyl (C=O) groups is 1. The molecule has 3 heterocycles. The molecule has 0 radical (unpaired) electrons. The summed E-state index contributed by atoms with van der Waals surface area (Å²) in [7, 11) is 0. The van der Waals surface area contributed by atoms with Crippen LogP contribution in [-0.4, -0.2) is 27.0 Å². The number of hydrogen-bond donors (Lipinski definition) is 2. The van der Waals surface area contributed by atoms with Crippen molar-refractivity contribution in [3.63, 3.8) is 0 Å². The van der Waals surface area contributed by atoms with Gasteiger partial charge in [0.25, 0.3) is 5.56 Å². The average Bonchev–Trinajstić information content (AvgIpc) is 3.38. The van der Waals surface area contributed by atoms with E-state index in [4.69, 9.17) is 0 Å². The van der Waals surface area contributed by atoms with Gasteiger partial charge in [-0.25, -0.2) is 4.98 Å². The monoisotopic (exact) mass is 456 g/mol. The minimum atomic E-state index is -0.219. The Labute approximate surface area is 194 Å². The van der Waals surface area contributed by atoms with E-state index in [-0.39, 0.29) is 23.9 Å². The summed E-state index contributed by atoms with van der Waals surface area (Å²) in [6.45, 7) is 4.26. The lowest BCUT2D eigenvalue weighted by Gasteiger charge is -2.18. The normalized spacial score (nSPS) is 12.3. The maximum atomic E-state index is 12.9. The molecule has 0 bridgehead atoms. The number of carbonyl (C=O) groups excluding carboxylic acids is 1. The summed E-state index contributed by atoms with van der Waals surface area (Å²) < 4.78 is 1.39. The summed E-state index contributed by atoms with van der Waals surface area (Å²) in [5, 5.41) is 4.78. The second-order valence-corrected chi connectivity index (χ2v) is 9.40. The minimum Gasteiger partial charge on any atom is -0.361 e. The zero-order valence-corrected chi connectivity index (χ0v) is 19.3. The molecule has 5 rings (SSSR count). The Morgan fingerprint density at radius 2 is 1.88 bits per heavy atom. The number of nitrogens with one attached hydrogen (secondary N) is 2. The lowest BCUT2D eigenvalue weighted by atomic mass is 9.91. The van der Waals surface area contributed by atoms with E-state index < -0.39 is 0 Å². The van der Waals surface area contributed by atoms with Gasteiger partial charge < -0.3 is 10.3 Å². The number of para-hydroxylation sites is 1. The molecule has 0 aliphatic heterocycles. The van der Waals surface area contributed by atoms with E-state index >= 15 is 0 Å². The van der Waals surface area contributed by atoms with E-state index in [9.17, 15) is 9.59 Å². The molecule has 7 heteroatoms. The number of aryl methyl sites for hydroxylation is 2. The molecule has 2 N–H and O–H groups in total. The number of nitrogens with zero attached hydrogens (tertiary/aromatic N) is 2. The Morgan fingerprint density at radius 3 is 2.70 bits per heavy atom. The molecule has 0 fully saturated rings. The molecule has 0 saturated heterocycles. The summed E-state index contributed by atoms with van der Waals surface area (Å²) >= 11 is 1.50. The van der Waals surface area contributed by atoms with E-state index in [1.165, 1.54) is 22.2 Å². The first-order valence-electron chi connectivity index (χ1n) is 10.9. The largest absolute Gasteiger partial charge is 0.361 e. The quantitative estimate of drug-likeness (QED) is 0.395. The maximum absolute atomic E-state index is 12.9. The molecule has 5 aromatic rings. The van der Waals surface area contributed by atoms with Crippen LogP contribution in [0.1, 0.15) is 27.5 Å². The van der Waals surface area contributed by atoms with Crippen LogP contribution in [0.4, 0.5) is 0 Å². The van der Waals surface area contributed by atoms with Crippen molar-refractivity contribution in [1.29, 1.82) is 0 Å². The third kappa shape index (κ3) is 3.96. The van der Waals surface area contributed by atoms with Gasteiger partial charge in [0.05, 0.1) is 11.7 Å². The fourth-order valence-electron chi connectivity index (χ4n) is 4.28. The molecule has 0 aliphatic rings.